The third-order valence-corrected chi connectivity index (χ3v) is 8.67. The van der Waals surface area contributed by atoms with Gasteiger partial charge in [-0.05, 0) is 48.6 Å². The summed E-state index contributed by atoms with van der Waals surface area (Å²) in [6, 6.07) is 7.77. The molecule has 0 radical (unpaired) electrons. The minimum Gasteiger partial charge on any atom is -0.483 e. The van der Waals surface area contributed by atoms with Crippen molar-refractivity contribution in [1.82, 2.24) is 45.2 Å². The van der Waals surface area contributed by atoms with Crippen molar-refractivity contribution in [2.75, 3.05) is 45.0 Å². The number of anilines is 1. The number of carboxylic acid groups (broad SMARTS) is 1. The molecule has 2 aliphatic rings. The Labute approximate surface area is 294 Å². The highest BCUT2D eigenvalue weighted by atomic mass is 35.5. The number of piperazine rings is 1. The average molecular weight is 731 g/mol. The van der Waals surface area contributed by atoms with Gasteiger partial charge in [-0.25, -0.2) is 14.6 Å². The van der Waals surface area contributed by atoms with Crippen LogP contribution < -0.4 is 16.4 Å². The molecule has 3 aromatic heterocycles. The number of nitrogen functional groups attached to an aromatic ring is 1. The van der Waals surface area contributed by atoms with Crippen LogP contribution in [0.25, 0.3) is 17.1 Å². The smallest absolute Gasteiger partial charge is 0.435 e. The molecule has 270 valence electrons. The molecule has 19 heteroatoms. The van der Waals surface area contributed by atoms with Gasteiger partial charge >= 0.3 is 6.18 Å². The minimum absolute atomic E-state index is 0.0216. The van der Waals surface area contributed by atoms with Gasteiger partial charge in [-0.15, -0.1) is 0 Å². The highest BCUT2D eigenvalue weighted by Gasteiger charge is 2.38. The molecular formula is C32H34ClF3N10O5. The summed E-state index contributed by atoms with van der Waals surface area (Å²) in [5.74, 6) is -0.505. The number of hydrogen-bond donors (Lipinski definition) is 5. The van der Waals surface area contributed by atoms with Gasteiger partial charge in [0.05, 0.1) is 46.5 Å². The van der Waals surface area contributed by atoms with Gasteiger partial charge in [0, 0.05) is 45.5 Å². The molecule has 6 rings (SSSR count). The lowest BCUT2D eigenvalue weighted by atomic mass is 9.95. The third-order valence-electron chi connectivity index (χ3n) is 8.35. The Hall–Kier alpha value is -5.49. The SMILES string of the molecule is Nc1ccc(-n2cc(-c3cnc(C(=O)NCc4ccc(C(=O)N5CCC(CN6CCNCC6=O)CC5)c(Cl)c4)[nH]3)c(C(F)(F)F)n2)nc1.O=CO. The van der Waals surface area contributed by atoms with Gasteiger partial charge in [0.2, 0.25) is 5.91 Å². The van der Waals surface area contributed by atoms with Crippen molar-refractivity contribution in [2.45, 2.75) is 25.6 Å². The molecule has 2 fully saturated rings. The van der Waals surface area contributed by atoms with E-state index in [0.717, 1.165) is 36.5 Å². The van der Waals surface area contributed by atoms with Gasteiger partial charge in [0.25, 0.3) is 18.3 Å². The van der Waals surface area contributed by atoms with Crippen LogP contribution in [-0.2, 0) is 22.3 Å². The molecule has 15 nitrogen and oxygen atoms in total. The van der Waals surface area contributed by atoms with Gasteiger partial charge < -0.3 is 36.3 Å². The zero-order valence-corrected chi connectivity index (χ0v) is 27.7. The molecule has 6 N–H and O–H groups in total. The van der Waals surface area contributed by atoms with Crippen molar-refractivity contribution in [3.05, 3.63) is 76.6 Å². The van der Waals surface area contributed by atoms with Gasteiger partial charge in [0.15, 0.2) is 17.3 Å². The Bertz CT molecular complexity index is 1870. The number of likely N-dealkylation sites (tertiary alicyclic amines) is 1. The molecule has 1 aromatic carbocycles. The standard InChI is InChI=1S/C31H32ClF3N10O3.CH2O2/c32-23-11-19(1-3-21(23)30(48)43-8-5-18(6-9-43)16-44-10-7-37-15-26(44)46)12-40-29(47)28-39-14-24(41-28)22-17-45(42-27(22)31(33,34)35)25-4-2-20(36)13-38-25;2-1-3/h1-4,11,13-14,17-18,37H,5-10,12,15-16,36H2,(H,39,41)(H,40,47);1H,(H,2,3). The first kappa shape index (κ1) is 36.8. The second-order valence-electron chi connectivity index (χ2n) is 11.8. The maximum Gasteiger partial charge on any atom is 0.435 e. The van der Waals surface area contributed by atoms with Crippen molar-refractivity contribution in [3.63, 3.8) is 0 Å². The zero-order chi connectivity index (χ0) is 36.7. The van der Waals surface area contributed by atoms with Gasteiger partial charge in [-0.2, -0.15) is 18.3 Å². The predicted molar refractivity (Wildman–Crippen MR) is 178 cm³/mol. The van der Waals surface area contributed by atoms with Crippen molar-refractivity contribution in [2.24, 2.45) is 5.92 Å². The van der Waals surface area contributed by atoms with E-state index in [1.165, 1.54) is 18.3 Å². The van der Waals surface area contributed by atoms with Crippen LogP contribution in [0.5, 0.6) is 0 Å². The number of alkyl halides is 3. The summed E-state index contributed by atoms with van der Waals surface area (Å²) in [7, 11) is 0. The Kier molecular flexibility index (Phi) is 11.6. The lowest BCUT2D eigenvalue weighted by molar-refractivity contribution is -0.141. The summed E-state index contributed by atoms with van der Waals surface area (Å²) in [5, 5.41) is 16.5. The summed E-state index contributed by atoms with van der Waals surface area (Å²) in [6.07, 6.45) is 0.340. The van der Waals surface area contributed by atoms with Crippen LogP contribution in [0.4, 0.5) is 18.9 Å². The van der Waals surface area contributed by atoms with Crippen LogP contribution in [0.2, 0.25) is 5.02 Å². The Morgan fingerprint density at radius 3 is 2.51 bits per heavy atom. The number of nitrogens with two attached hydrogens (primary N) is 1. The predicted octanol–water partition coefficient (Wildman–Crippen LogP) is 2.83. The lowest BCUT2D eigenvalue weighted by Crippen LogP contribution is -2.50. The highest BCUT2D eigenvalue weighted by Crippen LogP contribution is 2.36. The maximum absolute atomic E-state index is 13.8. The topological polar surface area (TPSA) is 204 Å². The number of aromatic nitrogens is 5. The van der Waals surface area contributed by atoms with E-state index >= 15 is 0 Å². The van der Waals surface area contributed by atoms with Gasteiger partial charge in [-0.1, -0.05) is 17.7 Å². The van der Waals surface area contributed by atoms with E-state index in [4.69, 9.17) is 27.2 Å². The fraction of sp³-hybridized carbons (Fsp3) is 0.344. The Morgan fingerprint density at radius 2 is 1.86 bits per heavy atom. The minimum atomic E-state index is -4.79. The molecule has 2 aliphatic heterocycles. The third kappa shape index (κ3) is 9.01. The number of hydrogen-bond acceptors (Lipinski definition) is 9. The van der Waals surface area contributed by atoms with Crippen molar-refractivity contribution >= 4 is 41.5 Å². The molecule has 0 unspecified atom stereocenters. The highest BCUT2D eigenvalue weighted by molar-refractivity contribution is 6.33. The van der Waals surface area contributed by atoms with E-state index in [-0.39, 0.29) is 52.8 Å². The number of amides is 3. The average Bonchev–Trinajstić information content (AvgIpc) is 3.78. The number of H-pyrrole nitrogens is 1. The Morgan fingerprint density at radius 1 is 1.12 bits per heavy atom. The van der Waals surface area contributed by atoms with Crippen LogP contribution >= 0.6 is 11.6 Å². The molecule has 5 heterocycles. The van der Waals surface area contributed by atoms with Crippen LogP contribution in [-0.4, -0.2) is 103 Å². The number of halogens is 4. The molecule has 0 saturated carbocycles. The summed E-state index contributed by atoms with van der Waals surface area (Å²) < 4.78 is 42.5. The molecule has 0 bridgehead atoms. The monoisotopic (exact) mass is 730 g/mol. The molecule has 51 heavy (non-hydrogen) atoms. The summed E-state index contributed by atoms with van der Waals surface area (Å²) >= 11 is 6.49. The summed E-state index contributed by atoms with van der Waals surface area (Å²) in [4.78, 5) is 60.8. The molecule has 4 aromatic rings. The number of nitrogens with zero attached hydrogens (tertiary/aromatic N) is 6. The van der Waals surface area contributed by atoms with Crippen molar-refractivity contribution in [3.8, 4) is 17.1 Å². The van der Waals surface area contributed by atoms with Crippen molar-refractivity contribution < 1.29 is 37.5 Å². The molecule has 2 saturated heterocycles. The van der Waals surface area contributed by atoms with Crippen LogP contribution in [0.1, 0.15) is 45.1 Å². The Balaban J connectivity index is 0.00000162. The number of rotatable bonds is 8. The number of aromatic amines is 1. The fourth-order valence-electron chi connectivity index (χ4n) is 5.75. The largest absolute Gasteiger partial charge is 0.483 e. The van der Waals surface area contributed by atoms with Crippen LogP contribution in [0.15, 0.2) is 48.9 Å². The zero-order valence-electron chi connectivity index (χ0n) is 27.0. The number of benzene rings is 1. The first-order valence-corrected chi connectivity index (χ1v) is 16.1. The first-order chi connectivity index (χ1) is 24.4. The molecular weight excluding hydrogens is 697 g/mol. The van der Waals surface area contributed by atoms with E-state index in [1.807, 2.05) is 4.90 Å². The van der Waals surface area contributed by atoms with Crippen LogP contribution in [0, 0.1) is 5.92 Å². The number of carbonyl (C=O) groups excluding carboxylic acids is 3. The summed E-state index contributed by atoms with van der Waals surface area (Å²) in [5.41, 5.74) is 5.33. The number of nitrogens with one attached hydrogen (secondary N) is 3. The number of carbonyl (C=O) groups is 4. The van der Waals surface area contributed by atoms with E-state index in [9.17, 15) is 27.6 Å². The second-order valence-corrected chi connectivity index (χ2v) is 12.2. The molecule has 0 spiro atoms. The molecule has 0 atom stereocenters. The quantitative estimate of drug-likeness (QED) is 0.168. The lowest BCUT2D eigenvalue weighted by Gasteiger charge is -2.36. The van der Waals surface area contributed by atoms with Crippen molar-refractivity contribution in [1.29, 1.82) is 0 Å². The van der Waals surface area contributed by atoms with E-state index < -0.39 is 17.8 Å². The number of pyridine rings is 1. The number of piperidine rings is 1. The first-order valence-electron chi connectivity index (χ1n) is 15.7. The number of imidazole rings is 1. The maximum atomic E-state index is 13.8. The molecule has 0 aliphatic carbocycles. The normalized spacial score (nSPS) is 15.3. The van der Waals surface area contributed by atoms with E-state index in [1.54, 1.807) is 23.1 Å². The van der Waals surface area contributed by atoms with E-state index in [0.29, 0.717) is 55.5 Å². The van der Waals surface area contributed by atoms with Crippen LogP contribution in [0.3, 0.4) is 0 Å². The second kappa shape index (κ2) is 16.0. The molecule has 3 amide bonds. The van der Waals surface area contributed by atoms with Gasteiger partial charge in [0.1, 0.15) is 0 Å². The van der Waals surface area contributed by atoms with Gasteiger partial charge in [-0.3, -0.25) is 19.2 Å². The summed E-state index contributed by atoms with van der Waals surface area (Å²) in [6.45, 7) is 3.44. The van der Waals surface area contributed by atoms with E-state index in [2.05, 4.69) is 30.7 Å². The fourth-order valence-corrected chi connectivity index (χ4v) is 6.04.